The molecule has 0 aliphatic heterocycles. The van der Waals surface area contributed by atoms with Crippen molar-refractivity contribution in [2.75, 3.05) is 0 Å². The molecule has 0 saturated carbocycles. The molecule has 0 heterocycles. The maximum Gasteiger partial charge on any atom is 0.123 e. The highest BCUT2D eigenvalue weighted by Crippen LogP contribution is 2.37. The number of hydrogen-bond acceptors (Lipinski definition) is 0. The van der Waals surface area contributed by atoms with Crippen molar-refractivity contribution in [1.29, 1.82) is 0 Å². The van der Waals surface area contributed by atoms with Crippen molar-refractivity contribution in [2.24, 2.45) is 0 Å². The van der Waals surface area contributed by atoms with Crippen molar-refractivity contribution in [1.82, 2.24) is 0 Å². The number of benzene rings is 3. The number of halogens is 1. The van der Waals surface area contributed by atoms with E-state index >= 15 is 0 Å². The maximum absolute atomic E-state index is 13.0. The Morgan fingerprint density at radius 3 is 2.22 bits per heavy atom. The van der Waals surface area contributed by atoms with Crippen LogP contribution in [0.25, 0.3) is 11.1 Å². The number of unbranched alkanes of at least 4 members (excludes halogenated alkanes) is 2. The molecule has 0 unspecified atom stereocenters. The minimum atomic E-state index is -0.232. The quantitative estimate of drug-likeness (QED) is 0.289. The molecule has 1 aliphatic carbocycles. The van der Waals surface area contributed by atoms with Gasteiger partial charge in [-0.05, 0) is 83.5 Å². The van der Waals surface area contributed by atoms with Crippen molar-refractivity contribution in [3.63, 3.8) is 0 Å². The highest BCUT2D eigenvalue weighted by Gasteiger charge is 2.18. The zero-order valence-corrected chi connectivity index (χ0v) is 15.7. The van der Waals surface area contributed by atoms with E-state index in [1.807, 2.05) is 0 Å². The number of fused-ring (bicyclic) bond motifs is 3. The lowest BCUT2D eigenvalue weighted by Gasteiger charge is -2.05. The van der Waals surface area contributed by atoms with Crippen molar-refractivity contribution in [3.05, 3.63) is 94.3 Å². The van der Waals surface area contributed by atoms with E-state index in [0.29, 0.717) is 0 Å². The van der Waals surface area contributed by atoms with Crippen LogP contribution in [0.4, 0.5) is 4.39 Å². The lowest BCUT2D eigenvalue weighted by Crippen LogP contribution is -1.88. The number of hydrogen-bond donors (Lipinski definition) is 0. The molecule has 0 N–H and O–H groups in total. The maximum atomic E-state index is 13.0. The Balaban J connectivity index is 1.54. The van der Waals surface area contributed by atoms with E-state index in [0.717, 1.165) is 17.5 Å². The first kappa shape index (κ1) is 17.6. The molecule has 0 amide bonds. The van der Waals surface area contributed by atoms with Gasteiger partial charge in [-0.15, -0.1) is 0 Å². The molecule has 1 aliphatic rings. The van der Waals surface area contributed by atoms with Gasteiger partial charge in [0.25, 0.3) is 0 Å². The van der Waals surface area contributed by atoms with Crippen LogP contribution in [0.15, 0.2) is 60.7 Å². The third-order valence-corrected chi connectivity index (χ3v) is 5.21. The van der Waals surface area contributed by atoms with Crippen LogP contribution in [0.3, 0.4) is 0 Å². The first-order chi connectivity index (χ1) is 13.2. The Kier molecular flexibility index (Phi) is 5.07. The number of rotatable bonds is 4. The normalized spacial score (nSPS) is 11.5. The first-order valence-corrected chi connectivity index (χ1v) is 9.75. The van der Waals surface area contributed by atoms with Crippen LogP contribution in [0.2, 0.25) is 0 Å². The fourth-order valence-electron chi connectivity index (χ4n) is 3.75. The van der Waals surface area contributed by atoms with Gasteiger partial charge in [0.1, 0.15) is 5.82 Å². The van der Waals surface area contributed by atoms with Crippen LogP contribution < -0.4 is 0 Å². The van der Waals surface area contributed by atoms with E-state index in [1.54, 1.807) is 12.1 Å². The summed E-state index contributed by atoms with van der Waals surface area (Å²) in [6.45, 7) is 2.25. The molecule has 0 saturated heterocycles. The van der Waals surface area contributed by atoms with Gasteiger partial charge >= 0.3 is 0 Å². The third kappa shape index (κ3) is 3.96. The summed E-state index contributed by atoms with van der Waals surface area (Å²) in [5.74, 6) is 6.10. The van der Waals surface area contributed by atoms with Gasteiger partial charge in [-0.25, -0.2) is 4.39 Å². The van der Waals surface area contributed by atoms with E-state index in [-0.39, 0.29) is 5.82 Å². The Morgan fingerprint density at radius 2 is 1.44 bits per heavy atom. The predicted octanol–water partition coefficient (Wildman–Crippen LogP) is 6.53. The molecule has 1 heteroatoms. The monoisotopic (exact) mass is 354 g/mol. The van der Waals surface area contributed by atoms with E-state index < -0.39 is 0 Å². The predicted molar refractivity (Wildman–Crippen MR) is 110 cm³/mol. The minimum Gasteiger partial charge on any atom is -0.207 e. The molecule has 0 radical (unpaired) electrons. The molecule has 0 spiro atoms. The van der Waals surface area contributed by atoms with Gasteiger partial charge in [0.15, 0.2) is 0 Å². The zero-order chi connectivity index (χ0) is 18.6. The van der Waals surface area contributed by atoms with Crippen LogP contribution >= 0.6 is 0 Å². The molecule has 0 aromatic heterocycles. The topological polar surface area (TPSA) is 0 Å². The van der Waals surface area contributed by atoms with Gasteiger partial charge in [-0.1, -0.05) is 55.9 Å². The molecule has 3 aromatic rings. The highest BCUT2D eigenvalue weighted by atomic mass is 19.1. The summed E-state index contributed by atoms with van der Waals surface area (Å²) in [6, 6.07) is 19.7. The van der Waals surface area contributed by atoms with Crippen molar-refractivity contribution >= 4 is 0 Å². The molecule has 0 bridgehead atoms. The summed E-state index contributed by atoms with van der Waals surface area (Å²) in [7, 11) is 0. The molecule has 27 heavy (non-hydrogen) atoms. The van der Waals surface area contributed by atoms with E-state index in [4.69, 9.17) is 0 Å². The summed E-state index contributed by atoms with van der Waals surface area (Å²) < 4.78 is 13.0. The van der Waals surface area contributed by atoms with Gasteiger partial charge < -0.3 is 0 Å². The largest absolute Gasteiger partial charge is 0.207 e. The summed E-state index contributed by atoms with van der Waals surface area (Å²) in [5, 5.41) is 0. The molecule has 3 aromatic carbocycles. The van der Waals surface area contributed by atoms with Crippen LogP contribution in [0, 0.1) is 17.7 Å². The highest BCUT2D eigenvalue weighted by molar-refractivity contribution is 5.77. The average molecular weight is 354 g/mol. The standard InChI is InChI=1S/C26H23F/c1-2-3-4-5-20-10-14-25-22(16-20)18-23-17-21(11-15-26(23)25)7-6-19-8-12-24(27)13-9-19/h8-17H,2-5,18H2,1H3. The first-order valence-electron chi connectivity index (χ1n) is 9.75. The second-order valence-corrected chi connectivity index (χ2v) is 7.25. The molecule has 0 atom stereocenters. The summed E-state index contributed by atoms with van der Waals surface area (Å²) in [5.41, 5.74) is 8.77. The lowest BCUT2D eigenvalue weighted by molar-refractivity contribution is 0.627. The second-order valence-electron chi connectivity index (χ2n) is 7.25. The SMILES string of the molecule is CCCCCc1ccc2c(c1)Cc1cc(C#Cc3ccc(F)cc3)ccc1-2. The Morgan fingerprint density at radius 1 is 0.778 bits per heavy atom. The average Bonchev–Trinajstić information content (AvgIpc) is 3.04. The van der Waals surface area contributed by atoms with E-state index in [9.17, 15) is 4.39 Å². The van der Waals surface area contributed by atoms with Crippen molar-refractivity contribution in [3.8, 4) is 23.0 Å². The van der Waals surface area contributed by atoms with E-state index in [2.05, 4.69) is 55.2 Å². The summed E-state index contributed by atoms with van der Waals surface area (Å²) >= 11 is 0. The minimum absolute atomic E-state index is 0.232. The third-order valence-electron chi connectivity index (χ3n) is 5.21. The zero-order valence-electron chi connectivity index (χ0n) is 15.7. The Hall–Kier alpha value is -2.85. The fraction of sp³-hybridized carbons (Fsp3) is 0.231. The van der Waals surface area contributed by atoms with Gasteiger partial charge in [-0.2, -0.15) is 0 Å². The van der Waals surface area contributed by atoms with Crippen LogP contribution in [-0.4, -0.2) is 0 Å². The Labute approximate surface area is 161 Å². The molecule has 0 fully saturated rings. The molecular formula is C26H23F. The van der Waals surface area contributed by atoms with Gasteiger partial charge in [0, 0.05) is 11.1 Å². The molecule has 4 rings (SSSR count). The molecular weight excluding hydrogens is 331 g/mol. The van der Waals surface area contributed by atoms with Gasteiger partial charge in [-0.3, -0.25) is 0 Å². The lowest BCUT2D eigenvalue weighted by atomic mass is 10.00. The van der Waals surface area contributed by atoms with Crippen LogP contribution in [0.1, 0.15) is 54.0 Å². The fourth-order valence-corrected chi connectivity index (χ4v) is 3.75. The van der Waals surface area contributed by atoms with E-state index in [1.165, 1.54) is 65.6 Å². The summed E-state index contributed by atoms with van der Waals surface area (Å²) in [6.07, 6.45) is 5.99. The Bertz CT molecular complexity index is 1020. The summed E-state index contributed by atoms with van der Waals surface area (Å²) in [4.78, 5) is 0. The van der Waals surface area contributed by atoms with Gasteiger partial charge in [0.05, 0.1) is 0 Å². The second kappa shape index (κ2) is 7.80. The molecule has 0 nitrogen and oxygen atoms in total. The van der Waals surface area contributed by atoms with Crippen LogP contribution in [-0.2, 0) is 12.8 Å². The van der Waals surface area contributed by atoms with Gasteiger partial charge in [0.2, 0.25) is 0 Å². The smallest absolute Gasteiger partial charge is 0.123 e. The number of aryl methyl sites for hydroxylation is 1. The molecule has 134 valence electrons. The van der Waals surface area contributed by atoms with Crippen LogP contribution in [0.5, 0.6) is 0 Å². The van der Waals surface area contributed by atoms with Crippen molar-refractivity contribution < 1.29 is 4.39 Å². The van der Waals surface area contributed by atoms with Crippen molar-refractivity contribution in [2.45, 2.75) is 39.0 Å².